The van der Waals surface area contributed by atoms with Crippen molar-refractivity contribution in [2.75, 3.05) is 0 Å². The van der Waals surface area contributed by atoms with Crippen LogP contribution < -0.4 is 0 Å². The Kier molecular flexibility index (Phi) is 3.20. The summed E-state index contributed by atoms with van der Waals surface area (Å²) in [5.74, 6) is 0.812. The van der Waals surface area contributed by atoms with Crippen molar-refractivity contribution in [1.82, 2.24) is 4.98 Å². The molecule has 0 saturated heterocycles. The van der Waals surface area contributed by atoms with Crippen molar-refractivity contribution in [3.63, 3.8) is 0 Å². The van der Waals surface area contributed by atoms with Gasteiger partial charge in [0, 0.05) is 6.20 Å². The largest absolute Gasteiger partial charge is 0.257 e. The van der Waals surface area contributed by atoms with Crippen molar-refractivity contribution >= 4 is 5.57 Å². The summed E-state index contributed by atoms with van der Waals surface area (Å²) in [6.07, 6.45) is 7.17. The first-order chi connectivity index (χ1) is 7.33. The molecule has 0 amide bonds. The second-order valence-electron chi connectivity index (χ2n) is 4.36. The molecule has 1 aromatic heterocycles. The summed E-state index contributed by atoms with van der Waals surface area (Å²) in [7, 11) is 0. The first-order valence-electron chi connectivity index (χ1n) is 5.94. The van der Waals surface area contributed by atoms with Crippen LogP contribution in [-0.4, -0.2) is 4.98 Å². The number of allylic oxidation sites excluding steroid dienone is 2. The zero-order chi connectivity index (χ0) is 10.7. The van der Waals surface area contributed by atoms with Crippen molar-refractivity contribution in [1.29, 1.82) is 0 Å². The van der Waals surface area contributed by atoms with Gasteiger partial charge in [-0.1, -0.05) is 18.6 Å². The molecule has 1 aliphatic rings. The lowest BCUT2D eigenvalue weighted by atomic mass is 9.94. The van der Waals surface area contributed by atoms with Gasteiger partial charge in [-0.3, -0.25) is 4.98 Å². The Labute approximate surface area is 92.2 Å². The summed E-state index contributed by atoms with van der Waals surface area (Å²) >= 11 is 0. The lowest BCUT2D eigenvalue weighted by Gasteiger charge is -2.12. The Morgan fingerprint density at radius 2 is 2.33 bits per heavy atom. The summed E-state index contributed by atoms with van der Waals surface area (Å²) in [4.78, 5) is 4.43. The molecule has 1 saturated carbocycles. The van der Waals surface area contributed by atoms with Gasteiger partial charge in [0.05, 0.1) is 5.69 Å². The molecule has 1 heteroatoms. The van der Waals surface area contributed by atoms with E-state index in [4.69, 9.17) is 0 Å². The van der Waals surface area contributed by atoms with Crippen LogP contribution in [0, 0.1) is 5.92 Å². The lowest BCUT2D eigenvalue weighted by Crippen LogP contribution is -1.98. The molecule has 1 aliphatic carbocycles. The summed E-state index contributed by atoms with van der Waals surface area (Å²) in [6.45, 7) is 4.52. The minimum absolute atomic E-state index is 0.812. The second kappa shape index (κ2) is 4.61. The molecule has 1 nitrogen and oxygen atoms in total. The quantitative estimate of drug-likeness (QED) is 0.703. The van der Waals surface area contributed by atoms with Crippen molar-refractivity contribution < 1.29 is 0 Å². The fourth-order valence-corrected chi connectivity index (χ4v) is 2.61. The van der Waals surface area contributed by atoms with E-state index in [2.05, 4.69) is 31.0 Å². The third-order valence-corrected chi connectivity index (χ3v) is 3.52. The van der Waals surface area contributed by atoms with Gasteiger partial charge in [0.25, 0.3) is 0 Å². The Morgan fingerprint density at radius 1 is 1.47 bits per heavy atom. The number of pyridine rings is 1. The fourth-order valence-electron chi connectivity index (χ4n) is 2.61. The average molecular weight is 201 g/mol. The van der Waals surface area contributed by atoms with Crippen LogP contribution in [0.1, 0.15) is 45.2 Å². The third-order valence-electron chi connectivity index (χ3n) is 3.52. The van der Waals surface area contributed by atoms with Crippen LogP contribution in [0.3, 0.4) is 0 Å². The zero-order valence-electron chi connectivity index (χ0n) is 9.66. The zero-order valence-corrected chi connectivity index (χ0v) is 9.66. The van der Waals surface area contributed by atoms with Gasteiger partial charge in [-0.2, -0.15) is 0 Å². The SMILES string of the molecule is CCC1CCC/C1=C(/C)c1ccccn1. The molecular weight excluding hydrogens is 182 g/mol. The maximum absolute atomic E-state index is 4.43. The van der Waals surface area contributed by atoms with Gasteiger partial charge in [0.1, 0.15) is 0 Å². The van der Waals surface area contributed by atoms with Crippen molar-refractivity contribution in [2.24, 2.45) is 5.92 Å². The molecule has 2 rings (SSSR count). The third kappa shape index (κ3) is 2.11. The predicted molar refractivity (Wildman–Crippen MR) is 64.5 cm³/mol. The molecule has 80 valence electrons. The maximum Gasteiger partial charge on any atom is 0.0658 e. The van der Waals surface area contributed by atoms with E-state index in [0.29, 0.717) is 0 Å². The van der Waals surface area contributed by atoms with Gasteiger partial charge in [-0.15, -0.1) is 0 Å². The number of nitrogens with zero attached hydrogens (tertiary/aromatic N) is 1. The molecule has 0 radical (unpaired) electrons. The minimum Gasteiger partial charge on any atom is -0.257 e. The molecule has 15 heavy (non-hydrogen) atoms. The molecule has 0 aromatic carbocycles. The van der Waals surface area contributed by atoms with Gasteiger partial charge in [0.15, 0.2) is 0 Å². The highest BCUT2D eigenvalue weighted by Crippen LogP contribution is 2.37. The number of aromatic nitrogens is 1. The van der Waals surface area contributed by atoms with Gasteiger partial charge in [0.2, 0.25) is 0 Å². The number of hydrogen-bond acceptors (Lipinski definition) is 1. The summed E-state index contributed by atoms with van der Waals surface area (Å²) in [5.41, 5.74) is 4.23. The summed E-state index contributed by atoms with van der Waals surface area (Å²) < 4.78 is 0. The molecule has 0 aliphatic heterocycles. The van der Waals surface area contributed by atoms with E-state index in [1.54, 1.807) is 5.57 Å². The average Bonchev–Trinajstić information content (AvgIpc) is 2.77. The summed E-state index contributed by atoms with van der Waals surface area (Å²) in [5, 5.41) is 0. The van der Waals surface area contributed by atoms with E-state index in [1.165, 1.54) is 31.3 Å². The van der Waals surface area contributed by atoms with E-state index in [0.717, 1.165) is 11.6 Å². The van der Waals surface area contributed by atoms with Crippen molar-refractivity contribution in [3.05, 3.63) is 35.7 Å². The molecule has 1 fully saturated rings. The van der Waals surface area contributed by atoms with Crippen molar-refractivity contribution in [2.45, 2.75) is 39.5 Å². The standard InChI is InChI=1S/C14H19N/c1-3-12-7-6-8-13(12)11(2)14-9-4-5-10-15-14/h4-5,9-10,12H,3,6-8H2,1-2H3/b13-11+. The normalized spacial score (nSPS) is 24.3. The van der Waals surface area contributed by atoms with Gasteiger partial charge in [-0.25, -0.2) is 0 Å². The van der Waals surface area contributed by atoms with Crippen LogP contribution in [0.15, 0.2) is 30.0 Å². The smallest absolute Gasteiger partial charge is 0.0658 e. The first-order valence-corrected chi connectivity index (χ1v) is 5.94. The molecular formula is C14H19N. The highest BCUT2D eigenvalue weighted by molar-refractivity contribution is 5.64. The van der Waals surface area contributed by atoms with Gasteiger partial charge in [-0.05, 0) is 56.2 Å². The van der Waals surface area contributed by atoms with Crippen LogP contribution in [-0.2, 0) is 0 Å². The van der Waals surface area contributed by atoms with Crippen molar-refractivity contribution in [3.8, 4) is 0 Å². The topological polar surface area (TPSA) is 12.9 Å². The number of rotatable bonds is 2. The molecule has 1 atom stereocenters. The monoisotopic (exact) mass is 201 g/mol. The summed E-state index contributed by atoms with van der Waals surface area (Å²) in [6, 6.07) is 6.17. The van der Waals surface area contributed by atoms with E-state index in [-0.39, 0.29) is 0 Å². The van der Waals surface area contributed by atoms with Gasteiger partial charge >= 0.3 is 0 Å². The molecule has 0 spiro atoms. The van der Waals surface area contributed by atoms with Crippen LogP contribution in [0.4, 0.5) is 0 Å². The maximum atomic E-state index is 4.43. The fraction of sp³-hybridized carbons (Fsp3) is 0.500. The van der Waals surface area contributed by atoms with E-state index in [9.17, 15) is 0 Å². The molecule has 1 heterocycles. The van der Waals surface area contributed by atoms with Crippen LogP contribution in [0.25, 0.3) is 5.57 Å². The number of hydrogen-bond donors (Lipinski definition) is 0. The lowest BCUT2D eigenvalue weighted by molar-refractivity contribution is 0.607. The minimum atomic E-state index is 0.812. The molecule has 1 aromatic rings. The Hall–Kier alpha value is -1.11. The Morgan fingerprint density at radius 3 is 3.00 bits per heavy atom. The Bertz CT molecular complexity index is 351. The molecule has 0 bridgehead atoms. The highest BCUT2D eigenvalue weighted by Gasteiger charge is 2.21. The van der Waals surface area contributed by atoms with E-state index < -0.39 is 0 Å². The molecule has 0 N–H and O–H groups in total. The van der Waals surface area contributed by atoms with E-state index >= 15 is 0 Å². The Balaban J connectivity index is 2.32. The van der Waals surface area contributed by atoms with Crippen LogP contribution >= 0.6 is 0 Å². The second-order valence-corrected chi connectivity index (χ2v) is 4.36. The predicted octanol–water partition coefficient (Wildman–Crippen LogP) is 4.07. The van der Waals surface area contributed by atoms with Crippen LogP contribution in [0.5, 0.6) is 0 Å². The van der Waals surface area contributed by atoms with E-state index in [1.807, 2.05) is 12.3 Å². The van der Waals surface area contributed by atoms with Crippen LogP contribution in [0.2, 0.25) is 0 Å². The van der Waals surface area contributed by atoms with Gasteiger partial charge < -0.3 is 0 Å². The molecule has 1 unspecified atom stereocenters. The first kappa shape index (κ1) is 10.4. The highest BCUT2D eigenvalue weighted by atomic mass is 14.7.